The first-order valence-corrected chi connectivity index (χ1v) is 12.5. The summed E-state index contributed by atoms with van der Waals surface area (Å²) in [6.07, 6.45) is 0. The fraction of sp³-hybridized carbons (Fsp3) is 0.300. The van der Waals surface area contributed by atoms with Gasteiger partial charge in [0.25, 0.3) is 5.91 Å². The summed E-state index contributed by atoms with van der Waals surface area (Å²) >= 11 is 0. The van der Waals surface area contributed by atoms with Crippen molar-refractivity contribution in [2.75, 3.05) is 34.3 Å². The highest BCUT2D eigenvalue weighted by Gasteiger charge is 2.15. The Bertz CT molecular complexity index is 1440. The van der Waals surface area contributed by atoms with Gasteiger partial charge in [0.15, 0.2) is 0 Å². The third-order valence-electron chi connectivity index (χ3n) is 6.44. The van der Waals surface area contributed by atoms with Gasteiger partial charge in [0.2, 0.25) is 0 Å². The third kappa shape index (κ3) is 6.06. The van der Waals surface area contributed by atoms with Crippen molar-refractivity contribution < 1.29 is 9.53 Å². The number of benzene rings is 3. The van der Waals surface area contributed by atoms with E-state index in [9.17, 15) is 9.59 Å². The molecular formula is C30H34N4O3. The number of nitrogens with one attached hydrogen (secondary N) is 1. The quantitative estimate of drug-likeness (QED) is 0.367. The first-order chi connectivity index (χ1) is 17.8. The number of fused-ring (bicyclic) bond motifs is 1. The fourth-order valence-corrected chi connectivity index (χ4v) is 4.22. The van der Waals surface area contributed by atoms with Crippen molar-refractivity contribution >= 4 is 16.8 Å². The number of amides is 1. The number of hydrogen-bond donors (Lipinski definition) is 1. The highest BCUT2D eigenvalue weighted by atomic mass is 16.5. The highest BCUT2D eigenvalue weighted by molar-refractivity contribution is 5.94. The molecule has 4 aromatic rings. The minimum absolute atomic E-state index is 0.113. The molecule has 7 heteroatoms. The SMILES string of the molecule is COc1ccc2c(c1)c(-c1ccc(C(C)C)cc1)nc(=O)n2Cc1ccc(C(=O)NCCN(C)C)cc1. The Balaban J connectivity index is 1.67. The number of carbonyl (C=O) groups is 1. The Hall–Kier alpha value is -3.97. The molecule has 0 aliphatic rings. The van der Waals surface area contributed by atoms with Crippen LogP contribution in [0.1, 0.15) is 41.3 Å². The zero-order valence-electron chi connectivity index (χ0n) is 22.1. The maximum Gasteiger partial charge on any atom is 0.348 e. The first kappa shape index (κ1) is 26.1. The van der Waals surface area contributed by atoms with Crippen molar-refractivity contribution in [3.05, 3.63) is 93.9 Å². The van der Waals surface area contributed by atoms with Crippen molar-refractivity contribution in [2.45, 2.75) is 26.3 Å². The largest absolute Gasteiger partial charge is 0.497 e. The smallest absolute Gasteiger partial charge is 0.348 e. The van der Waals surface area contributed by atoms with Crippen LogP contribution in [0.15, 0.2) is 71.5 Å². The average molecular weight is 499 g/mol. The third-order valence-corrected chi connectivity index (χ3v) is 6.44. The molecule has 4 rings (SSSR count). The second-order valence-electron chi connectivity index (χ2n) is 9.75. The van der Waals surface area contributed by atoms with Crippen molar-refractivity contribution in [3.63, 3.8) is 0 Å². The fourth-order valence-electron chi connectivity index (χ4n) is 4.22. The Morgan fingerprint density at radius 1 is 1.03 bits per heavy atom. The lowest BCUT2D eigenvalue weighted by molar-refractivity contribution is 0.0951. The van der Waals surface area contributed by atoms with E-state index in [-0.39, 0.29) is 11.6 Å². The Labute approximate surface area is 217 Å². The number of ether oxygens (including phenoxy) is 1. The van der Waals surface area contributed by atoms with Gasteiger partial charge in [-0.3, -0.25) is 9.36 Å². The van der Waals surface area contributed by atoms with Crippen LogP contribution in [0.4, 0.5) is 0 Å². The summed E-state index contributed by atoms with van der Waals surface area (Å²) in [6.45, 7) is 5.99. The van der Waals surface area contributed by atoms with Crippen molar-refractivity contribution in [1.29, 1.82) is 0 Å². The van der Waals surface area contributed by atoms with Crippen molar-refractivity contribution in [1.82, 2.24) is 19.8 Å². The van der Waals surface area contributed by atoms with Crippen LogP contribution in [0.5, 0.6) is 5.75 Å². The number of hydrogen-bond acceptors (Lipinski definition) is 5. The van der Waals surface area contributed by atoms with Crippen LogP contribution < -0.4 is 15.7 Å². The lowest BCUT2D eigenvalue weighted by Gasteiger charge is -2.15. The summed E-state index contributed by atoms with van der Waals surface area (Å²) in [5.74, 6) is 1.00. The van der Waals surface area contributed by atoms with E-state index < -0.39 is 0 Å². The lowest BCUT2D eigenvalue weighted by atomic mass is 9.99. The van der Waals surface area contributed by atoms with E-state index in [1.807, 2.05) is 61.5 Å². The standard InChI is InChI=1S/C30H34N4O3/c1-20(2)22-10-12-23(13-11-22)28-26-18-25(37-5)14-15-27(26)34(30(36)32-28)19-21-6-8-24(9-7-21)29(35)31-16-17-33(3)4/h6-15,18,20H,16-17,19H2,1-5H3,(H,31,35). The molecule has 1 amide bonds. The Morgan fingerprint density at radius 3 is 2.35 bits per heavy atom. The van der Waals surface area contributed by atoms with Gasteiger partial charge >= 0.3 is 5.69 Å². The predicted octanol–water partition coefficient (Wildman–Crippen LogP) is 4.54. The normalized spacial score (nSPS) is 11.3. The van der Waals surface area contributed by atoms with E-state index >= 15 is 0 Å². The van der Waals surface area contributed by atoms with Gasteiger partial charge in [0.1, 0.15) is 5.75 Å². The second kappa shape index (κ2) is 11.4. The first-order valence-electron chi connectivity index (χ1n) is 12.5. The number of carbonyl (C=O) groups excluding carboxylic acids is 1. The number of methoxy groups -OCH3 is 1. The number of rotatable bonds is 9. The van der Waals surface area contributed by atoms with Gasteiger partial charge in [-0.2, -0.15) is 4.98 Å². The molecule has 7 nitrogen and oxygen atoms in total. The minimum Gasteiger partial charge on any atom is -0.497 e. The molecule has 192 valence electrons. The monoisotopic (exact) mass is 498 g/mol. The number of nitrogens with zero attached hydrogens (tertiary/aromatic N) is 3. The van der Waals surface area contributed by atoms with Gasteiger partial charge < -0.3 is 15.0 Å². The molecule has 0 unspecified atom stereocenters. The molecule has 0 saturated carbocycles. The zero-order valence-corrected chi connectivity index (χ0v) is 22.1. The summed E-state index contributed by atoms with van der Waals surface area (Å²) in [5.41, 5.74) is 4.68. The number of aromatic nitrogens is 2. The molecule has 0 radical (unpaired) electrons. The summed E-state index contributed by atoms with van der Waals surface area (Å²) < 4.78 is 7.13. The molecule has 0 atom stereocenters. The van der Waals surface area contributed by atoms with Gasteiger partial charge in [-0.15, -0.1) is 0 Å². The minimum atomic E-state index is -0.328. The molecule has 3 aromatic carbocycles. The molecular weight excluding hydrogens is 464 g/mol. The maximum absolute atomic E-state index is 13.3. The molecule has 1 N–H and O–H groups in total. The maximum atomic E-state index is 13.3. The van der Waals surface area contributed by atoms with E-state index in [2.05, 4.69) is 36.3 Å². The predicted molar refractivity (Wildman–Crippen MR) is 149 cm³/mol. The van der Waals surface area contributed by atoms with Crippen molar-refractivity contribution in [2.24, 2.45) is 0 Å². The van der Waals surface area contributed by atoms with Gasteiger partial charge in [0, 0.05) is 29.6 Å². The summed E-state index contributed by atoms with van der Waals surface area (Å²) in [5, 5.41) is 3.76. The summed E-state index contributed by atoms with van der Waals surface area (Å²) in [7, 11) is 5.55. The highest BCUT2D eigenvalue weighted by Crippen LogP contribution is 2.30. The van der Waals surface area contributed by atoms with Gasteiger partial charge in [-0.1, -0.05) is 50.2 Å². The summed E-state index contributed by atoms with van der Waals surface area (Å²) in [6, 6.07) is 21.2. The van der Waals surface area contributed by atoms with Crippen LogP contribution in [-0.2, 0) is 6.54 Å². The van der Waals surface area contributed by atoms with Crippen LogP contribution in [0.25, 0.3) is 22.2 Å². The van der Waals surface area contributed by atoms with Crippen LogP contribution >= 0.6 is 0 Å². The molecule has 0 aliphatic carbocycles. The van der Waals surface area contributed by atoms with E-state index in [0.717, 1.165) is 28.6 Å². The van der Waals surface area contributed by atoms with Crippen LogP contribution in [0.2, 0.25) is 0 Å². The Morgan fingerprint density at radius 2 is 1.73 bits per heavy atom. The molecule has 0 spiro atoms. The van der Waals surface area contributed by atoms with Gasteiger partial charge in [0.05, 0.1) is 24.9 Å². The van der Waals surface area contributed by atoms with E-state index in [1.54, 1.807) is 23.8 Å². The summed E-state index contributed by atoms with van der Waals surface area (Å²) in [4.78, 5) is 32.2. The van der Waals surface area contributed by atoms with Crippen molar-refractivity contribution in [3.8, 4) is 17.0 Å². The molecule has 37 heavy (non-hydrogen) atoms. The van der Waals surface area contributed by atoms with Crippen LogP contribution in [0.3, 0.4) is 0 Å². The van der Waals surface area contributed by atoms with Gasteiger partial charge in [-0.05, 0) is 61.5 Å². The Kier molecular flexibility index (Phi) is 8.04. The lowest BCUT2D eigenvalue weighted by Crippen LogP contribution is -2.31. The second-order valence-corrected chi connectivity index (χ2v) is 9.75. The molecule has 0 bridgehead atoms. The van der Waals surface area contributed by atoms with E-state index in [0.29, 0.717) is 36.0 Å². The molecule has 0 saturated heterocycles. The number of likely N-dealkylation sites (N-methyl/N-ethyl adjacent to an activating group) is 1. The molecule has 0 fully saturated rings. The van der Waals surface area contributed by atoms with Crippen LogP contribution in [-0.4, -0.2) is 54.7 Å². The van der Waals surface area contributed by atoms with E-state index in [4.69, 9.17) is 4.74 Å². The van der Waals surface area contributed by atoms with E-state index in [1.165, 1.54) is 5.56 Å². The topological polar surface area (TPSA) is 76.5 Å². The van der Waals surface area contributed by atoms with Gasteiger partial charge in [-0.25, -0.2) is 4.79 Å². The van der Waals surface area contributed by atoms with Crippen LogP contribution in [0, 0.1) is 0 Å². The zero-order chi connectivity index (χ0) is 26.5. The molecule has 0 aliphatic heterocycles. The average Bonchev–Trinajstić information content (AvgIpc) is 2.90. The molecule has 1 aromatic heterocycles. The molecule has 1 heterocycles.